The maximum absolute atomic E-state index is 11.8. The van der Waals surface area contributed by atoms with Gasteiger partial charge in [0.05, 0.1) is 36.9 Å². The number of pyridine rings is 1. The summed E-state index contributed by atoms with van der Waals surface area (Å²) in [5.41, 5.74) is 0.900. The number of rotatable bonds is 13. The number of aliphatic hydroxyl groups excluding tert-OH is 1. The van der Waals surface area contributed by atoms with Crippen LogP contribution in [0.25, 0.3) is 11.1 Å². The predicted octanol–water partition coefficient (Wildman–Crippen LogP) is 2.99. The van der Waals surface area contributed by atoms with Gasteiger partial charge in [-0.2, -0.15) is 4.98 Å². The summed E-state index contributed by atoms with van der Waals surface area (Å²) >= 11 is 0. The molecule has 1 aromatic carbocycles. The van der Waals surface area contributed by atoms with Crippen LogP contribution in [0.4, 0.5) is 0 Å². The van der Waals surface area contributed by atoms with E-state index in [9.17, 15) is 13.5 Å². The first-order valence-corrected chi connectivity index (χ1v) is 12.5. The van der Waals surface area contributed by atoms with Crippen molar-refractivity contribution in [2.45, 2.75) is 50.7 Å². The second-order valence-corrected chi connectivity index (χ2v) is 10.2. The molecular formula is C23H33NO7S. The normalized spacial score (nSPS) is 12.1. The number of hydrogen-bond acceptors (Lipinski definition) is 8. The molecule has 0 fully saturated rings. The number of aromatic nitrogens is 1. The van der Waals surface area contributed by atoms with Crippen molar-refractivity contribution in [2.75, 3.05) is 32.7 Å². The highest BCUT2D eigenvalue weighted by atomic mass is 32.2. The fraction of sp³-hybridized carbons (Fsp3) is 0.522. The molecular weight excluding hydrogens is 434 g/mol. The average molecular weight is 468 g/mol. The summed E-state index contributed by atoms with van der Waals surface area (Å²) in [6.45, 7) is 6.04. The fourth-order valence-electron chi connectivity index (χ4n) is 2.75. The lowest BCUT2D eigenvalue weighted by Crippen LogP contribution is -2.28. The summed E-state index contributed by atoms with van der Waals surface area (Å²) in [5, 5.41) is 19.1. The molecule has 0 amide bonds. The highest BCUT2D eigenvalue weighted by molar-refractivity contribution is 7.90. The first kappa shape index (κ1) is 26.1. The zero-order valence-electron chi connectivity index (χ0n) is 19.1. The van der Waals surface area contributed by atoms with E-state index in [4.69, 9.17) is 19.3 Å². The molecule has 32 heavy (non-hydrogen) atoms. The van der Waals surface area contributed by atoms with Crippen molar-refractivity contribution in [1.82, 2.24) is 4.98 Å². The van der Waals surface area contributed by atoms with Gasteiger partial charge in [0.2, 0.25) is 11.8 Å². The second-order valence-electron chi connectivity index (χ2n) is 8.18. The first-order chi connectivity index (χ1) is 15.0. The van der Waals surface area contributed by atoms with E-state index < -0.39 is 15.4 Å². The number of hydrogen-bond donors (Lipinski definition) is 2. The maximum atomic E-state index is 11.8. The summed E-state index contributed by atoms with van der Waals surface area (Å²) in [6, 6.07) is 8.23. The minimum absolute atomic E-state index is 0.00316. The first-order valence-electron chi connectivity index (χ1n) is 10.6. The van der Waals surface area contributed by atoms with Crippen molar-refractivity contribution >= 4 is 9.84 Å². The third kappa shape index (κ3) is 8.05. The monoisotopic (exact) mass is 467 g/mol. The fourth-order valence-corrected chi connectivity index (χ4v) is 3.38. The third-order valence-electron chi connectivity index (χ3n) is 4.41. The molecule has 0 aliphatic carbocycles. The number of nitrogens with zero attached hydrogens (tertiary/aromatic N) is 1. The number of aliphatic hydroxyl groups is 2. The third-order valence-corrected chi connectivity index (χ3v) is 5.54. The summed E-state index contributed by atoms with van der Waals surface area (Å²) < 4.78 is 40.8. The van der Waals surface area contributed by atoms with Gasteiger partial charge in [-0.1, -0.05) is 25.5 Å². The molecule has 0 aliphatic heterocycles. The zero-order chi connectivity index (χ0) is 23.8. The van der Waals surface area contributed by atoms with Crippen LogP contribution < -0.4 is 9.47 Å². The lowest BCUT2D eigenvalue weighted by molar-refractivity contribution is 0.0267. The Balaban J connectivity index is 2.52. The van der Waals surface area contributed by atoms with E-state index in [2.05, 4.69) is 11.9 Å². The molecule has 2 aromatic rings. The zero-order valence-corrected chi connectivity index (χ0v) is 19.9. The summed E-state index contributed by atoms with van der Waals surface area (Å²) in [4.78, 5) is 4.77. The summed E-state index contributed by atoms with van der Waals surface area (Å²) in [5.74, 6) is 0.621. The van der Waals surface area contributed by atoms with E-state index in [0.717, 1.165) is 19.1 Å². The van der Waals surface area contributed by atoms with Gasteiger partial charge in [0.25, 0.3) is 0 Å². The molecule has 1 heterocycles. The Bertz CT molecular complexity index is 967. The Morgan fingerprint density at radius 3 is 2.31 bits per heavy atom. The van der Waals surface area contributed by atoms with Gasteiger partial charge in [-0.05, 0) is 44.0 Å². The summed E-state index contributed by atoms with van der Waals surface area (Å²) in [6.07, 6.45) is 2.97. The van der Waals surface area contributed by atoms with Crippen LogP contribution in [0.15, 0.2) is 35.2 Å². The number of ether oxygens (including phenoxy) is 3. The van der Waals surface area contributed by atoms with Gasteiger partial charge in [0, 0.05) is 17.4 Å². The number of benzene rings is 1. The van der Waals surface area contributed by atoms with Gasteiger partial charge in [0.15, 0.2) is 9.84 Å². The van der Waals surface area contributed by atoms with E-state index in [1.165, 1.54) is 12.1 Å². The number of sulfone groups is 1. The molecule has 178 valence electrons. The van der Waals surface area contributed by atoms with Crippen LogP contribution in [0.1, 0.15) is 39.2 Å². The van der Waals surface area contributed by atoms with Crippen molar-refractivity contribution in [3.05, 3.63) is 35.9 Å². The SMILES string of the molecule is CCCCOc1nc(OCC(C)(C)O)c(-c2ccc(S(C)(=O)=O)cc2)cc1COCCO. The molecule has 0 unspecified atom stereocenters. The molecule has 9 heteroatoms. The smallest absolute Gasteiger partial charge is 0.224 e. The molecule has 0 atom stereocenters. The van der Waals surface area contributed by atoms with Gasteiger partial charge in [0.1, 0.15) is 6.61 Å². The van der Waals surface area contributed by atoms with E-state index >= 15 is 0 Å². The lowest BCUT2D eigenvalue weighted by atomic mass is 10.0. The topological polar surface area (TPSA) is 115 Å². The van der Waals surface area contributed by atoms with Crippen LogP contribution in [-0.2, 0) is 21.2 Å². The standard InChI is InChI=1S/C23H33NO7S/c1-5-6-12-30-21-18(15-29-13-11-25)14-20(22(24-21)31-16-23(2,3)26)17-7-9-19(10-8-17)32(4,27)28/h7-10,14,25-26H,5-6,11-13,15-16H2,1-4H3. The lowest BCUT2D eigenvalue weighted by Gasteiger charge is -2.21. The molecule has 1 aromatic heterocycles. The van der Waals surface area contributed by atoms with Crippen molar-refractivity contribution < 1.29 is 32.8 Å². The maximum Gasteiger partial charge on any atom is 0.224 e. The van der Waals surface area contributed by atoms with Gasteiger partial charge in [-0.25, -0.2) is 8.42 Å². The van der Waals surface area contributed by atoms with E-state index in [-0.39, 0.29) is 37.2 Å². The Labute approximate surface area is 190 Å². The van der Waals surface area contributed by atoms with Crippen LogP contribution in [-0.4, -0.2) is 61.9 Å². The molecule has 0 saturated heterocycles. The molecule has 8 nitrogen and oxygen atoms in total. The van der Waals surface area contributed by atoms with Crippen molar-refractivity contribution in [3.63, 3.8) is 0 Å². The second kappa shape index (κ2) is 11.6. The Morgan fingerprint density at radius 1 is 1.06 bits per heavy atom. The van der Waals surface area contributed by atoms with Crippen LogP contribution in [0.5, 0.6) is 11.8 Å². The van der Waals surface area contributed by atoms with Gasteiger partial charge >= 0.3 is 0 Å². The van der Waals surface area contributed by atoms with Crippen molar-refractivity contribution in [1.29, 1.82) is 0 Å². The predicted molar refractivity (Wildman–Crippen MR) is 122 cm³/mol. The molecule has 0 aliphatic rings. The van der Waals surface area contributed by atoms with E-state index in [0.29, 0.717) is 29.2 Å². The minimum Gasteiger partial charge on any atom is -0.477 e. The number of unbranched alkanes of at least 4 members (excludes halogenated alkanes) is 1. The Hall–Kier alpha value is -2.20. The quantitative estimate of drug-likeness (QED) is 0.432. The van der Waals surface area contributed by atoms with Gasteiger partial charge < -0.3 is 24.4 Å². The molecule has 0 bridgehead atoms. The highest BCUT2D eigenvalue weighted by Crippen LogP contribution is 2.35. The molecule has 2 N–H and O–H groups in total. The minimum atomic E-state index is -3.33. The summed E-state index contributed by atoms with van der Waals surface area (Å²) in [7, 11) is -3.33. The average Bonchev–Trinajstić information content (AvgIpc) is 2.72. The van der Waals surface area contributed by atoms with Crippen molar-refractivity contribution in [3.8, 4) is 22.9 Å². The van der Waals surface area contributed by atoms with Crippen LogP contribution in [0.3, 0.4) is 0 Å². The van der Waals surface area contributed by atoms with E-state index in [1.54, 1.807) is 26.0 Å². The van der Waals surface area contributed by atoms with Crippen LogP contribution in [0, 0.1) is 0 Å². The Morgan fingerprint density at radius 2 is 1.75 bits per heavy atom. The van der Waals surface area contributed by atoms with Crippen LogP contribution in [0.2, 0.25) is 0 Å². The largest absolute Gasteiger partial charge is 0.477 e. The molecule has 2 rings (SSSR count). The van der Waals surface area contributed by atoms with Crippen LogP contribution >= 0.6 is 0 Å². The van der Waals surface area contributed by atoms with E-state index in [1.807, 2.05) is 6.07 Å². The molecule has 0 saturated carbocycles. The highest BCUT2D eigenvalue weighted by Gasteiger charge is 2.20. The van der Waals surface area contributed by atoms with Gasteiger partial charge in [-0.3, -0.25) is 0 Å². The van der Waals surface area contributed by atoms with Gasteiger partial charge in [-0.15, -0.1) is 0 Å². The Kier molecular flexibility index (Phi) is 9.45. The van der Waals surface area contributed by atoms with Crippen molar-refractivity contribution in [2.24, 2.45) is 0 Å². The molecule has 0 radical (unpaired) electrons. The molecule has 0 spiro atoms.